The third-order valence-electron chi connectivity index (χ3n) is 5.25. The summed E-state index contributed by atoms with van der Waals surface area (Å²) >= 11 is 0. The van der Waals surface area contributed by atoms with Gasteiger partial charge in [-0.05, 0) is 31.5 Å². The largest absolute Gasteiger partial charge is 0.364 e. The van der Waals surface area contributed by atoms with Crippen LogP contribution in [-0.4, -0.2) is 46.7 Å². The zero-order valence-corrected chi connectivity index (χ0v) is 15.7. The number of rotatable bonds is 3. The molecule has 2 aromatic rings. The van der Waals surface area contributed by atoms with E-state index in [2.05, 4.69) is 22.5 Å². The van der Waals surface area contributed by atoms with Crippen LogP contribution in [0.4, 0.5) is 0 Å². The van der Waals surface area contributed by atoms with E-state index in [1.54, 1.807) is 13.1 Å². The first-order valence-electron chi connectivity index (χ1n) is 9.41. The number of imidazole rings is 1. The lowest BCUT2D eigenvalue weighted by Gasteiger charge is -2.21. The second-order valence-electron chi connectivity index (χ2n) is 7.08. The molecular formula is C20H22N4O4. The number of para-hydroxylation sites is 1. The summed E-state index contributed by atoms with van der Waals surface area (Å²) in [6.07, 6.45) is 1.71. The second kappa shape index (κ2) is 7.62. The highest BCUT2D eigenvalue weighted by molar-refractivity contribution is 6.00. The summed E-state index contributed by atoms with van der Waals surface area (Å²) in [6.45, 7) is 2.14. The van der Waals surface area contributed by atoms with E-state index in [1.807, 2.05) is 12.1 Å². The molecule has 1 aromatic carbocycles. The van der Waals surface area contributed by atoms with Crippen LogP contribution in [0.1, 0.15) is 30.9 Å². The number of ether oxygens (including phenoxy) is 1. The molecule has 2 fully saturated rings. The van der Waals surface area contributed by atoms with E-state index in [0.717, 1.165) is 19.5 Å². The van der Waals surface area contributed by atoms with Gasteiger partial charge in [-0.3, -0.25) is 24.0 Å². The Hall–Kier alpha value is -2.89. The van der Waals surface area contributed by atoms with Gasteiger partial charge in [-0.1, -0.05) is 17.9 Å². The highest BCUT2D eigenvalue weighted by Gasteiger charge is 2.31. The minimum Gasteiger partial charge on any atom is -0.364 e. The van der Waals surface area contributed by atoms with E-state index in [0.29, 0.717) is 29.6 Å². The van der Waals surface area contributed by atoms with Crippen LogP contribution in [0, 0.1) is 11.8 Å². The van der Waals surface area contributed by atoms with Crippen molar-refractivity contribution in [2.75, 3.05) is 19.7 Å². The summed E-state index contributed by atoms with van der Waals surface area (Å²) in [5.74, 6) is 5.36. The van der Waals surface area contributed by atoms with Crippen molar-refractivity contribution < 1.29 is 14.3 Å². The first kappa shape index (κ1) is 18.5. The van der Waals surface area contributed by atoms with Gasteiger partial charge in [0.25, 0.3) is 0 Å². The molecule has 0 aliphatic carbocycles. The monoisotopic (exact) mass is 382 g/mol. The standard InChI is InChI=1S/C20H22N4O4/c1-23-18-13(5-3-11-28-14-9-10-21-12-14)4-2-6-15(18)24(20(23)27)16-7-8-17(25)22-19(16)26/h2,4,6,14,16,21H,7-12H2,1H3,(H,22,25,26)/t14-,16?/m1/s1. The van der Waals surface area contributed by atoms with Crippen LogP contribution in [0.2, 0.25) is 0 Å². The molecule has 2 saturated heterocycles. The lowest BCUT2D eigenvalue weighted by atomic mass is 10.1. The Kier molecular flexibility index (Phi) is 5.03. The third-order valence-corrected chi connectivity index (χ3v) is 5.25. The highest BCUT2D eigenvalue weighted by atomic mass is 16.5. The predicted molar refractivity (Wildman–Crippen MR) is 103 cm³/mol. The summed E-state index contributed by atoms with van der Waals surface area (Å²) < 4.78 is 8.69. The maximum atomic E-state index is 12.9. The van der Waals surface area contributed by atoms with Crippen molar-refractivity contribution in [2.45, 2.75) is 31.4 Å². The maximum Gasteiger partial charge on any atom is 0.329 e. The zero-order valence-electron chi connectivity index (χ0n) is 15.7. The van der Waals surface area contributed by atoms with Gasteiger partial charge < -0.3 is 10.1 Å². The normalized spacial score (nSPS) is 22.2. The van der Waals surface area contributed by atoms with Crippen LogP contribution >= 0.6 is 0 Å². The Bertz CT molecular complexity index is 1050. The minimum atomic E-state index is -0.699. The molecule has 2 atom stereocenters. The summed E-state index contributed by atoms with van der Waals surface area (Å²) in [4.78, 5) is 36.6. The Balaban J connectivity index is 1.66. The van der Waals surface area contributed by atoms with Crippen LogP contribution < -0.4 is 16.3 Å². The van der Waals surface area contributed by atoms with Crippen molar-refractivity contribution in [2.24, 2.45) is 7.05 Å². The molecule has 1 aromatic heterocycles. The summed E-state index contributed by atoms with van der Waals surface area (Å²) in [7, 11) is 1.67. The molecule has 146 valence electrons. The number of piperidine rings is 1. The Labute approximate surface area is 161 Å². The molecule has 2 amide bonds. The molecule has 8 heteroatoms. The fourth-order valence-electron chi connectivity index (χ4n) is 3.83. The van der Waals surface area contributed by atoms with Crippen LogP contribution in [0.5, 0.6) is 0 Å². The first-order valence-corrected chi connectivity index (χ1v) is 9.41. The number of benzene rings is 1. The van der Waals surface area contributed by atoms with Crippen molar-refractivity contribution in [3.8, 4) is 11.8 Å². The van der Waals surface area contributed by atoms with Crippen LogP contribution in [0.15, 0.2) is 23.0 Å². The van der Waals surface area contributed by atoms with Crippen molar-refractivity contribution in [3.63, 3.8) is 0 Å². The van der Waals surface area contributed by atoms with E-state index >= 15 is 0 Å². The summed E-state index contributed by atoms with van der Waals surface area (Å²) in [5.41, 5.74) is 1.71. The number of nitrogens with zero attached hydrogens (tertiary/aromatic N) is 2. The number of nitrogens with one attached hydrogen (secondary N) is 2. The molecule has 0 spiro atoms. The van der Waals surface area contributed by atoms with E-state index in [-0.39, 0.29) is 24.1 Å². The molecule has 0 bridgehead atoms. The molecular weight excluding hydrogens is 360 g/mol. The SMILES string of the molecule is Cn1c(=O)n(C2CCC(=O)NC2=O)c2cccc(C#CCO[C@@H]3CCNC3)c21. The molecule has 2 N–H and O–H groups in total. The van der Waals surface area contributed by atoms with Crippen molar-refractivity contribution in [3.05, 3.63) is 34.2 Å². The number of amides is 2. The molecule has 0 radical (unpaired) electrons. The topological polar surface area (TPSA) is 94.4 Å². The maximum absolute atomic E-state index is 12.9. The molecule has 0 saturated carbocycles. The van der Waals surface area contributed by atoms with Crippen molar-refractivity contribution in [1.29, 1.82) is 0 Å². The first-order chi connectivity index (χ1) is 13.6. The number of carbonyl (C=O) groups is 2. The number of carbonyl (C=O) groups excluding carboxylic acids is 2. The van der Waals surface area contributed by atoms with Gasteiger partial charge in [0.1, 0.15) is 12.6 Å². The Morgan fingerprint density at radius 3 is 2.86 bits per heavy atom. The van der Waals surface area contributed by atoms with Crippen molar-refractivity contribution >= 4 is 22.8 Å². The van der Waals surface area contributed by atoms with Gasteiger partial charge in [-0.25, -0.2) is 4.79 Å². The average molecular weight is 382 g/mol. The van der Waals surface area contributed by atoms with E-state index in [1.165, 1.54) is 9.13 Å². The van der Waals surface area contributed by atoms with Gasteiger partial charge in [0.05, 0.1) is 22.7 Å². The number of hydrogen-bond donors (Lipinski definition) is 2. The van der Waals surface area contributed by atoms with Gasteiger partial charge in [-0.15, -0.1) is 0 Å². The van der Waals surface area contributed by atoms with Crippen molar-refractivity contribution in [1.82, 2.24) is 19.8 Å². The quantitative estimate of drug-likeness (QED) is 0.578. The lowest BCUT2D eigenvalue weighted by molar-refractivity contribution is -0.135. The number of aryl methyl sites for hydroxylation is 1. The van der Waals surface area contributed by atoms with Gasteiger partial charge in [0, 0.05) is 20.0 Å². The molecule has 1 unspecified atom stereocenters. The molecule has 4 rings (SSSR count). The number of aromatic nitrogens is 2. The molecule has 2 aliphatic heterocycles. The lowest BCUT2D eigenvalue weighted by Crippen LogP contribution is -2.44. The number of fused-ring (bicyclic) bond motifs is 1. The van der Waals surface area contributed by atoms with Gasteiger partial charge in [0.2, 0.25) is 11.8 Å². The highest BCUT2D eigenvalue weighted by Crippen LogP contribution is 2.24. The van der Waals surface area contributed by atoms with Crippen LogP contribution in [-0.2, 0) is 21.4 Å². The van der Waals surface area contributed by atoms with Crippen LogP contribution in [0.3, 0.4) is 0 Å². The fourth-order valence-corrected chi connectivity index (χ4v) is 3.83. The van der Waals surface area contributed by atoms with E-state index in [4.69, 9.17) is 4.74 Å². The summed E-state index contributed by atoms with van der Waals surface area (Å²) in [5, 5.41) is 5.56. The third kappa shape index (κ3) is 3.35. The van der Waals surface area contributed by atoms with Gasteiger partial charge in [-0.2, -0.15) is 0 Å². The zero-order chi connectivity index (χ0) is 19.7. The second-order valence-corrected chi connectivity index (χ2v) is 7.08. The minimum absolute atomic E-state index is 0.197. The summed E-state index contributed by atoms with van der Waals surface area (Å²) in [6, 6.07) is 4.76. The molecule has 3 heterocycles. The molecule has 2 aliphatic rings. The predicted octanol–water partition coefficient (Wildman–Crippen LogP) is 0.0477. The van der Waals surface area contributed by atoms with Gasteiger partial charge in [0.15, 0.2) is 0 Å². The number of hydrogen-bond acceptors (Lipinski definition) is 5. The number of imide groups is 1. The average Bonchev–Trinajstić information content (AvgIpc) is 3.28. The van der Waals surface area contributed by atoms with E-state index < -0.39 is 11.9 Å². The fraction of sp³-hybridized carbons (Fsp3) is 0.450. The Morgan fingerprint density at radius 1 is 1.25 bits per heavy atom. The Morgan fingerprint density at radius 2 is 2.11 bits per heavy atom. The molecule has 8 nitrogen and oxygen atoms in total. The van der Waals surface area contributed by atoms with Crippen LogP contribution in [0.25, 0.3) is 11.0 Å². The smallest absolute Gasteiger partial charge is 0.329 e. The van der Waals surface area contributed by atoms with Gasteiger partial charge >= 0.3 is 5.69 Å². The molecule has 28 heavy (non-hydrogen) atoms. The van der Waals surface area contributed by atoms with E-state index in [9.17, 15) is 14.4 Å².